The first-order valence-electron chi connectivity index (χ1n) is 7.31. The highest BCUT2D eigenvalue weighted by Crippen LogP contribution is 2.31. The number of rotatable bonds is 8. The Bertz CT molecular complexity index is 337. The molecule has 0 saturated carbocycles. The zero-order valence-electron chi connectivity index (χ0n) is 12.4. The summed E-state index contributed by atoms with van der Waals surface area (Å²) in [6.07, 6.45) is 7.94. The van der Waals surface area contributed by atoms with Crippen molar-refractivity contribution in [2.24, 2.45) is 11.1 Å². The van der Waals surface area contributed by atoms with Crippen molar-refractivity contribution in [2.75, 3.05) is 6.54 Å². The number of hydrogen-bond donors (Lipinski definition) is 1. The van der Waals surface area contributed by atoms with Crippen LogP contribution in [0.4, 0.5) is 0 Å². The van der Waals surface area contributed by atoms with Crippen LogP contribution in [0.5, 0.6) is 0 Å². The Morgan fingerprint density at radius 1 is 1.39 bits per heavy atom. The van der Waals surface area contributed by atoms with Gasteiger partial charge in [0.25, 0.3) is 0 Å². The fourth-order valence-corrected chi connectivity index (χ4v) is 2.40. The molecule has 3 nitrogen and oxygen atoms in total. The molecule has 0 aliphatic rings. The Morgan fingerprint density at radius 2 is 2.11 bits per heavy atom. The van der Waals surface area contributed by atoms with Crippen molar-refractivity contribution in [3.63, 3.8) is 0 Å². The Kier molecular flexibility index (Phi) is 5.86. The lowest BCUT2D eigenvalue weighted by Crippen LogP contribution is -2.32. The first kappa shape index (κ1) is 15.2. The lowest BCUT2D eigenvalue weighted by atomic mass is 9.76. The fraction of sp³-hybridized carbons (Fsp3) is 0.800. The van der Waals surface area contributed by atoms with E-state index in [0.29, 0.717) is 6.04 Å². The van der Waals surface area contributed by atoms with Crippen LogP contribution in [0.2, 0.25) is 0 Å². The molecule has 1 aromatic heterocycles. The van der Waals surface area contributed by atoms with Gasteiger partial charge >= 0.3 is 0 Å². The van der Waals surface area contributed by atoms with Crippen molar-refractivity contribution < 1.29 is 0 Å². The van der Waals surface area contributed by atoms with E-state index in [0.717, 1.165) is 19.4 Å². The third-order valence-corrected chi connectivity index (χ3v) is 3.99. The molecule has 0 saturated heterocycles. The van der Waals surface area contributed by atoms with Crippen molar-refractivity contribution in [1.29, 1.82) is 0 Å². The summed E-state index contributed by atoms with van der Waals surface area (Å²) in [6, 6.07) is 2.58. The minimum Gasteiger partial charge on any atom is -0.330 e. The average Bonchev–Trinajstić information content (AvgIpc) is 2.83. The molecule has 1 atom stereocenters. The quantitative estimate of drug-likeness (QED) is 0.768. The summed E-state index contributed by atoms with van der Waals surface area (Å²) in [5, 5.41) is 4.66. The molecule has 3 heteroatoms. The van der Waals surface area contributed by atoms with Gasteiger partial charge in [-0.25, -0.2) is 0 Å². The molecule has 18 heavy (non-hydrogen) atoms. The van der Waals surface area contributed by atoms with Crippen LogP contribution in [0.3, 0.4) is 0 Å². The smallest absolute Gasteiger partial charge is 0.0630 e. The second-order valence-electron chi connectivity index (χ2n) is 5.72. The maximum absolute atomic E-state index is 6.04. The van der Waals surface area contributed by atoms with Crippen molar-refractivity contribution in [2.45, 2.75) is 65.8 Å². The highest BCUT2D eigenvalue weighted by Gasteiger charge is 2.27. The Hall–Kier alpha value is -0.830. The second-order valence-corrected chi connectivity index (χ2v) is 5.72. The number of aromatic nitrogens is 2. The highest BCUT2D eigenvalue weighted by atomic mass is 15.3. The van der Waals surface area contributed by atoms with Gasteiger partial charge in [-0.1, -0.05) is 26.7 Å². The molecule has 0 bridgehead atoms. The summed E-state index contributed by atoms with van der Waals surface area (Å²) < 4.78 is 2.03. The number of nitrogens with two attached hydrogens (primary N) is 1. The van der Waals surface area contributed by atoms with E-state index in [1.807, 2.05) is 4.68 Å². The number of unbranched alkanes of at least 4 members (excludes halogenated alkanes) is 1. The topological polar surface area (TPSA) is 43.8 Å². The first-order chi connectivity index (χ1) is 8.56. The van der Waals surface area contributed by atoms with E-state index >= 15 is 0 Å². The molecule has 104 valence electrons. The van der Waals surface area contributed by atoms with E-state index in [-0.39, 0.29) is 5.41 Å². The summed E-state index contributed by atoms with van der Waals surface area (Å²) in [5.41, 5.74) is 7.47. The minimum atomic E-state index is 0.242. The van der Waals surface area contributed by atoms with E-state index in [2.05, 4.69) is 45.1 Å². The van der Waals surface area contributed by atoms with Crippen molar-refractivity contribution in [3.05, 3.63) is 18.0 Å². The molecular formula is C15H29N3. The van der Waals surface area contributed by atoms with Gasteiger partial charge in [0.1, 0.15) is 0 Å². The van der Waals surface area contributed by atoms with Gasteiger partial charge in [-0.3, -0.25) is 4.68 Å². The maximum Gasteiger partial charge on any atom is 0.0630 e. The average molecular weight is 251 g/mol. The van der Waals surface area contributed by atoms with Crippen molar-refractivity contribution in [1.82, 2.24) is 9.78 Å². The van der Waals surface area contributed by atoms with E-state index in [4.69, 9.17) is 5.73 Å². The van der Waals surface area contributed by atoms with Gasteiger partial charge in [-0.15, -0.1) is 0 Å². The molecule has 0 spiro atoms. The van der Waals surface area contributed by atoms with Gasteiger partial charge in [-0.2, -0.15) is 5.10 Å². The highest BCUT2D eigenvalue weighted by molar-refractivity contribution is 5.04. The minimum absolute atomic E-state index is 0.242. The maximum atomic E-state index is 6.04. The standard InChI is InChI=1S/C15H29N3/c1-5-7-9-15(6-2,12-16)11-14-8-10-18(17-14)13(3)4/h8,10,13H,5-7,9,11-12,16H2,1-4H3. The van der Waals surface area contributed by atoms with Gasteiger partial charge in [0, 0.05) is 12.2 Å². The third-order valence-electron chi connectivity index (χ3n) is 3.99. The molecule has 0 aromatic carbocycles. The lowest BCUT2D eigenvalue weighted by molar-refractivity contribution is 0.248. The third kappa shape index (κ3) is 3.84. The zero-order valence-corrected chi connectivity index (χ0v) is 12.4. The van der Waals surface area contributed by atoms with Crippen molar-refractivity contribution in [3.8, 4) is 0 Å². The van der Waals surface area contributed by atoms with E-state index in [1.165, 1.54) is 25.0 Å². The fourth-order valence-electron chi connectivity index (χ4n) is 2.40. The Morgan fingerprint density at radius 3 is 2.56 bits per heavy atom. The molecule has 1 aromatic rings. The molecule has 0 aliphatic heterocycles. The summed E-state index contributed by atoms with van der Waals surface area (Å²) >= 11 is 0. The summed E-state index contributed by atoms with van der Waals surface area (Å²) in [7, 11) is 0. The predicted octanol–water partition coefficient (Wildman–Crippen LogP) is 3.55. The normalized spacial score (nSPS) is 15.0. The van der Waals surface area contributed by atoms with Crippen LogP contribution >= 0.6 is 0 Å². The SMILES string of the molecule is CCCCC(CC)(CN)Cc1ccn(C(C)C)n1. The summed E-state index contributed by atoms with van der Waals surface area (Å²) in [5.74, 6) is 0. The lowest BCUT2D eigenvalue weighted by Gasteiger charge is -2.30. The van der Waals surface area contributed by atoms with E-state index in [1.54, 1.807) is 0 Å². The molecule has 1 unspecified atom stereocenters. The zero-order chi connectivity index (χ0) is 13.6. The van der Waals surface area contributed by atoms with Crippen LogP contribution in [-0.2, 0) is 6.42 Å². The van der Waals surface area contributed by atoms with Gasteiger partial charge in [-0.05, 0) is 51.1 Å². The van der Waals surface area contributed by atoms with Crippen molar-refractivity contribution >= 4 is 0 Å². The Balaban J connectivity index is 2.75. The van der Waals surface area contributed by atoms with Crippen LogP contribution in [-0.4, -0.2) is 16.3 Å². The van der Waals surface area contributed by atoms with Crippen LogP contribution in [0.15, 0.2) is 12.3 Å². The molecular weight excluding hydrogens is 222 g/mol. The number of hydrogen-bond acceptors (Lipinski definition) is 2. The van der Waals surface area contributed by atoms with Crippen LogP contribution in [0.1, 0.15) is 65.1 Å². The van der Waals surface area contributed by atoms with Gasteiger partial charge in [0.2, 0.25) is 0 Å². The molecule has 2 N–H and O–H groups in total. The van der Waals surface area contributed by atoms with Gasteiger partial charge < -0.3 is 5.73 Å². The molecule has 0 aliphatic carbocycles. The molecule has 0 fully saturated rings. The van der Waals surface area contributed by atoms with Gasteiger partial charge in [0.05, 0.1) is 5.69 Å². The van der Waals surface area contributed by atoms with Crippen LogP contribution < -0.4 is 5.73 Å². The van der Waals surface area contributed by atoms with E-state index in [9.17, 15) is 0 Å². The van der Waals surface area contributed by atoms with Gasteiger partial charge in [0.15, 0.2) is 0 Å². The first-order valence-corrected chi connectivity index (χ1v) is 7.31. The monoisotopic (exact) mass is 251 g/mol. The molecule has 0 radical (unpaired) electrons. The van der Waals surface area contributed by atoms with E-state index < -0.39 is 0 Å². The summed E-state index contributed by atoms with van der Waals surface area (Å²) in [4.78, 5) is 0. The molecule has 1 rings (SSSR count). The molecule has 1 heterocycles. The largest absolute Gasteiger partial charge is 0.330 e. The second kappa shape index (κ2) is 6.93. The Labute approximate surface area is 112 Å². The predicted molar refractivity (Wildman–Crippen MR) is 77.6 cm³/mol. The molecule has 0 amide bonds. The van der Waals surface area contributed by atoms with Crippen LogP contribution in [0, 0.1) is 5.41 Å². The number of nitrogens with zero attached hydrogens (tertiary/aromatic N) is 2. The van der Waals surface area contributed by atoms with Crippen LogP contribution in [0.25, 0.3) is 0 Å². The summed E-state index contributed by atoms with van der Waals surface area (Å²) in [6.45, 7) is 9.57.